The third-order valence-electron chi connectivity index (χ3n) is 2.84. The van der Waals surface area contributed by atoms with Gasteiger partial charge in [-0.2, -0.15) is 5.26 Å². The van der Waals surface area contributed by atoms with Gasteiger partial charge in [0.2, 0.25) is 0 Å². The zero-order valence-electron chi connectivity index (χ0n) is 11.0. The molecule has 0 unspecified atom stereocenters. The van der Waals surface area contributed by atoms with Crippen LogP contribution in [-0.2, 0) is 0 Å². The van der Waals surface area contributed by atoms with Crippen LogP contribution in [0, 0.1) is 11.3 Å². The number of anilines is 1. The second-order valence-corrected chi connectivity index (χ2v) is 4.42. The van der Waals surface area contributed by atoms with Gasteiger partial charge in [0.15, 0.2) is 0 Å². The highest BCUT2D eigenvalue weighted by Crippen LogP contribution is 2.31. The summed E-state index contributed by atoms with van der Waals surface area (Å²) >= 11 is 0. The van der Waals surface area contributed by atoms with Crippen LogP contribution in [0.4, 0.5) is 5.69 Å². The van der Waals surface area contributed by atoms with Crippen molar-refractivity contribution in [2.45, 2.75) is 26.2 Å². The van der Waals surface area contributed by atoms with Crippen molar-refractivity contribution in [2.24, 2.45) is 0 Å². The molecule has 0 aliphatic carbocycles. The lowest BCUT2D eigenvalue weighted by atomic mass is 10.0. The maximum atomic E-state index is 8.60. The fourth-order valence-electron chi connectivity index (χ4n) is 1.71. The van der Waals surface area contributed by atoms with Gasteiger partial charge in [-0.15, -0.1) is 0 Å². The van der Waals surface area contributed by atoms with Gasteiger partial charge in [-0.1, -0.05) is 19.9 Å². The van der Waals surface area contributed by atoms with E-state index in [-0.39, 0.29) is 0 Å². The summed E-state index contributed by atoms with van der Waals surface area (Å²) in [6.07, 6.45) is 0.519. The Balaban J connectivity index is 2.96. The maximum Gasteiger partial charge on any atom is 0.142 e. The minimum absolute atomic E-state index is 0.488. The van der Waals surface area contributed by atoms with Crippen molar-refractivity contribution in [3.8, 4) is 11.8 Å². The van der Waals surface area contributed by atoms with E-state index in [1.54, 1.807) is 7.11 Å². The van der Waals surface area contributed by atoms with Gasteiger partial charge in [0.05, 0.1) is 25.3 Å². The Morgan fingerprint density at radius 1 is 1.41 bits per heavy atom. The maximum absolute atomic E-state index is 8.60. The standard InChI is InChI=1S/C14H20N2O/c1-11(2)12-6-7-13(14(10-12)17-4)16(3)9-5-8-15/h6-7,10-11H,5,9H2,1-4H3. The summed E-state index contributed by atoms with van der Waals surface area (Å²) in [5.74, 6) is 1.36. The Morgan fingerprint density at radius 3 is 2.65 bits per heavy atom. The molecule has 1 aromatic carbocycles. The van der Waals surface area contributed by atoms with Gasteiger partial charge in [-0.3, -0.25) is 0 Å². The van der Waals surface area contributed by atoms with Gasteiger partial charge in [0, 0.05) is 13.6 Å². The third-order valence-corrected chi connectivity index (χ3v) is 2.84. The molecule has 0 aromatic heterocycles. The van der Waals surface area contributed by atoms with E-state index >= 15 is 0 Å². The van der Waals surface area contributed by atoms with Gasteiger partial charge in [0.25, 0.3) is 0 Å². The number of ether oxygens (including phenoxy) is 1. The molecular weight excluding hydrogens is 212 g/mol. The summed E-state index contributed by atoms with van der Waals surface area (Å²) < 4.78 is 5.41. The monoisotopic (exact) mass is 232 g/mol. The molecule has 0 radical (unpaired) electrons. The number of nitrogens with zero attached hydrogens (tertiary/aromatic N) is 2. The molecule has 0 saturated heterocycles. The Morgan fingerprint density at radius 2 is 2.12 bits per heavy atom. The van der Waals surface area contributed by atoms with Crippen molar-refractivity contribution in [3.05, 3.63) is 23.8 Å². The number of benzene rings is 1. The van der Waals surface area contributed by atoms with E-state index in [0.29, 0.717) is 18.9 Å². The molecule has 3 heteroatoms. The molecule has 0 atom stereocenters. The quantitative estimate of drug-likeness (QED) is 0.782. The molecule has 92 valence electrons. The summed E-state index contributed by atoms with van der Waals surface area (Å²) in [6, 6.07) is 8.40. The largest absolute Gasteiger partial charge is 0.495 e. The Labute approximate surface area is 104 Å². The average molecular weight is 232 g/mol. The molecule has 0 heterocycles. The summed E-state index contributed by atoms with van der Waals surface area (Å²) in [5, 5.41) is 8.60. The van der Waals surface area contributed by atoms with E-state index in [1.807, 2.05) is 11.9 Å². The van der Waals surface area contributed by atoms with Crippen LogP contribution in [-0.4, -0.2) is 20.7 Å². The van der Waals surface area contributed by atoms with Crippen LogP contribution in [0.1, 0.15) is 31.7 Å². The predicted octanol–water partition coefficient (Wildman–Crippen LogP) is 3.17. The molecule has 0 aliphatic rings. The fraction of sp³-hybridized carbons (Fsp3) is 0.500. The highest BCUT2D eigenvalue weighted by Gasteiger charge is 2.10. The van der Waals surface area contributed by atoms with E-state index in [0.717, 1.165) is 11.4 Å². The van der Waals surface area contributed by atoms with Gasteiger partial charge in [-0.05, 0) is 23.6 Å². The second kappa shape index (κ2) is 6.15. The lowest BCUT2D eigenvalue weighted by Crippen LogP contribution is -2.18. The Bertz CT molecular complexity index is 407. The van der Waals surface area contributed by atoms with E-state index < -0.39 is 0 Å². The van der Waals surface area contributed by atoms with Crippen LogP contribution in [0.5, 0.6) is 5.75 Å². The van der Waals surface area contributed by atoms with Gasteiger partial charge in [0.1, 0.15) is 5.75 Å². The average Bonchev–Trinajstić information content (AvgIpc) is 2.34. The normalized spacial score (nSPS) is 10.1. The summed E-state index contributed by atoms with van der Waals surface area (Å²) in [4.78, 5) is 2.05. The lowest BCUT2D eigenvalue weighted by Gasteiger charge is -2.21. The van der Waals surface area contributed by atoms with Gasteiger partial charge < -0.3 is 9.64 Å². The SMILES string of the molecule is COc1cc(C(C)C)ccc1N(C)CCC#N. The molecule has 0 fully saturated rings. The molecule has 0 N–H and O–H groups in total. The number of rotatable bonds is 5. The first kappa shape index (κ1) is 13.4. The molecule has 0 bridgehead atoms. The van der Waals surface area contributed by atoms with E-state index in [9.17, 15) is 0 Å². The zero-order valence-corrected chi connectivity index (χ0v) is 11.0. The van der Waals surface area contributed by atoms with Gasteiger partial charge in [-0.25, -0.2) is 0 Å². The van der Waals surface area contributed by atoms with E-state index in [2.05, 4.69) is 38.1 Å². The van der Waals surface area contributed by atoms with Crippen molar-refractivity contribution < 1.29 is 4.74 Å². The molecular formula is C14H20N2O. The van der Waals surface area contributed by atoms with Crippen LogP contribution in [0.15, 0.2) is 18.2 Å². The molecule has 0 spiro atoms. The molecule has 0 amide bonds. The zero-order chi connectivity index (χ0) is 12.8. The Kier molecular flexibility index (Phi) is 4.84. The number of methoxy groups -OCH3 is 1. The minimum atomic E-state index is 0.488. The van der Waals surface area contributed by atoms with Crippen LogP contribution < -0.4 is 9.64 Å². The highest BCUT2D eigenvalue weighted by molar-refractivity contribution is 5.59. The predicted molar refractivity (Wildman–Crippen MR) is 70.6 cm³/mol. The molecule has 1 aromatic rings. The van der Waals surface area contributed by atoms with Gasteiger partial charge >= 0.3 is 0 Å². The highest BCUT2D eigenvalue weighted by atomic mass is 16.5. The summed E-state index contributed by atoms with van der Waals surface area (Å²) in [7, 11) is 3.66. The van der Waals surface area contributed by atoms with Crippen molar-refractivity contribution >= 4 is 5.69 Å². The van der Waals surface area contributed by atoms with Crippen LogP contribution in [0.3, 0.4) is 0 Å². The van der Waals surface area contributed by atoms with E-state index in [4.69, 9.17) is 10.00 Å². The summed E-state index contributed by atoms with van der Waals surface area (Å²) in [6.45, 7) is 5.04. The lowest BCUT2D eigenvalue weighted by molar-refractivity contribution is 0.414. The first-order valence-corrected chi connectivity index (χ1v) is 5.86. The van der Waals surface area contributed by atoms with Crippen LogP contribution in [0.25, 0.3) is 0 Å². The number of nitriles is 1. The molecule has 0 saturated carbocycles. The second-order valence-electron chi connectivity index (χ2n) is 4.42. The summed E-state index contributed by atoms with van der Waals surface area (Å²) in [5.41, 5.74) is 2.30. The van der Waals surface area contributed by atoms with Crippen molar-refractivity contribution in [3.63, 3.8) is 0 Å². The molecule has 0 aliphatic heterocycles. The first-order chi connectivity index (χ1) is 8.10. The minimum Gasteiger partial charge on any atom is -0.495 e. The Hall–Kier alpha value is -1.69. The van der Waals surface area contributed by atoms with E-state index in [1.165, 1.54) is 5.56 Å². The van der Waals surface area contributed by atoms with Crippen molar-refractivity contribution in [1.29, 1.82) is 5.26 Å². The fourth-order valence-corrected chi connectivity index (χ4v) is 1.71. The topological polar surface area (TPSA) is 36.3 Å². The van der Waals surface area contributed by atoms with Crippen LogP contribution >= 0.6 is 0 Å². The first-order valence-electron chi connectivity index (χ1n) is 5.86. The van der Waals surface area contributed by atoms with Crippen LogP contribution in [0.2, 0.25) is 0 Å². The molecule has 1 rings (SSSR count). The van der Waals surface area contributed by atoms with Crippen molar-refractivity contribution in [1.82, 2.24) is 0 Å². The van der Waals surface area contributed by atoms with Crippen molar-refractivity contribution in [2.75, 3.05) is 25.6 Å². The third kappa shape index (κ3) is 3.39. The molecule has 17 heavy (non-hydrogen) atoms. The number of hydrogen-bond acceptors (Lipinski definition) is 3. The smallest absolute Gasteiger partial charge is 0.142 e. The number of hydrogen-bond donors (Lipinski definition) is 0. The molecule has 3 nitrogen and oxygen atoms in total.